The van der Waals surface area contributed by atoms with Gasteiger partial charge in [0.05, 0.1) is 18.2 Å². The van der Waals surface area contributed by atoms with E-state index in [1.165, 1.54) is 0 Å². The van der Waals surface area contributed by atoms with Crippen molar-refractivity contribution in [3.05, 3.63) is 35.9 Å². The highest BCUT2D eigenvalue weighted by molar-refractivity contribution is 5.80. The maximum absolute atomic E-state index is 12.0. The summed E-state index contributed by atoms with van der Waals surface area (Å²) in [6, 6.07) is 8.37. The van der Waals surface area contributed by atoms with Gasteiger partial charge in [0.25, 0.3) is 0 Å². The summed E-state index contributed by atoms with van der Waals surface area (Å²) < 4.78 is 5.16. The van der Waals surface area contributed by atoms with Crippen LogP contribution >= 0.6 is 0 Å². The van der Waals surface area contributed by atoms with E-state index >= 15 is 0 Å². The fourth-order valence-corrected chi connectivity index (χ4v) is 3.78. The average Bonchev–Trinajstić information content (AvgIpc) is 2.91. The largest absolute Gasteiger partial charge is 0.445 e. The van der Waals surface area contributed by atoms with Gasteiger partial charge in [0.15, 0.2) is 0 Å². The van der Waals surface area contributed by atoms with Crippen LogP contribution in [0.5, 0.6) is 0 Å². The van der Waals surface area contributed by atoms with Crippen molar-refractivity contribution in [1.82, 2.24) is 5.32 Å². The number of hydrogen-bond acceptors (Lipinski definition) is 7. The number of Topliss-reactive ketones (excluding diaryl/α,β-unsaturated/α-hetero) is 2. The number of hydrogen-bond donors (Lipinski definition) is 4. The Morgan fingerprint density at radius 2 is 1.34 bits per heavy atom. The molecule has 0 fully saturated rings. The van der Waals surface area contributed by atoms with Crippen LogP contribution in [0, 0.1) is 0 Å². The lowest BCUT2D eigenvalue weighted by molar-refractivity contribution is -0.121. The Morgan fingerprint density at radius 1 is 0.816 bits per heavy atom. The molecule has 8 heteroatoms. The molecule has 4 unspecified atom stereocenters. The summed E-state index contributed by atoms with van der Waals surface area (Å²) in [5, 5.41) is 22.0. The Hall–Kier alpha value is -2.29. The molecule has 0 bridgehead atoms. The van der Waals surface area contributed by atoms with Crippen molar-refractivity contribution in [2.75, 3.05) is 0 Å². The molecular formula is C30H52N2O6. The zero-order chi connectivity index (χ0) is 28.8. The summed E-state index contributed by atoms with van der Waals surface area (Å²) >= 11 is 0. The number of carbonyl (C=O) groups is 3. The zero-order valence-corrected chi connectivity index (χ0v) is 24.0. The van der Waals surface area contributed by atoms with Gasteiger partial charge in [-0.1, -0.05) is 83.7 Å². The highest BCUT2D eigenvalue weighted by Crippen LogP contribution is 2.10. The Labute approximate surface area is 229 Å². The first kappa shape index (κ1) is 35.7. The Bertz CT molecular complexity index is 758. The van der Waals surface area contributed by atoms with Crippen molar-refractivity contribution in [2.24, 2.45) is 5.73 Å². The van der Waals surface area contributed by atoms with Crippen LogP contribution in [-0.4, -0.2) is 52.2 Å². The van der Waals surface area contributed by atoms with Gasteiger partial charge in [-0.2, -0.15) is 0 Å². The van der Waals surface area contributed by atoms with Gasteiger partial charge in [-0.3, -0.25) is 9.59 Å². The number of alkyl carbamates (subject to hydrolysis) is 1. The van der Waals surface area contributed by atoms with E-state index in [-0.39, 0.29) is 30.6 Å². The molecule has 0 heterocycles. The third-order valence-corrected chi connectivity index (χ3v) is 6.34. The zero-order valence-electron chi connectivity index (χ0n) is 24.0. The van der Waals surface area contributed by atoms with Gasteiger partial charge < -0.3 is 26.0 Å². The predicted molar refractivity (Wildman–Crippen MR) is 152 cm³/mol. The predicted octanol–water partition coefficient (Wildman–Crippen LogP) is 5.22. The molecule has 8 nitrogen and oxygen atoms in total. The van der Waals surface area contributed by atoms with Crippen molar-refractivity contribution < 1.29 is 29.3 Å². The Balaban J connectivity index is 0.000000835. The highest BCUT2D eigenvalue weighted by atomic mass is 16.5. The van der Waals surface area contributed by atoms with Crippen LogP contribution in [0.15, 0.2) is 30.3 Å². The van der Waals surface area contributed by atoms with Crippen LogP contribution in [0.2, 0.25) is 0 Å². The van der Waals surface area contributed by atoms with Crippen molar-refractivity contribution in [2.45, 2.75) is 136 Å². The monoisotopic (exact) mass is 536 g/mol. The standard InChI is InChI=1S/C19H29NO4.C11H23NO2/c1-3-5-7-12-16(21)13-17(18(22)4-2)20-19(23)24-14-15-10-8-6-9-11-15;1-3-5-6-7-9(13)8-10(12)11(14)4-2/h6,8-11,17-18,22H,3-5,7,12-14H2,1-2H3,(H,20,23);10-11,14H,3-8,12H2,1-2H3. The number of aliphatic hydroxyl groups is 2. The van der Waals surface area contributed by atoms with Crippen LogP contribution in [0.1, 0.15) is 110 Å². The van der Waals surface area contributed by atoms with Gasteiger partial charge in [0, 0.05) is 31.7 Å². The molecule has 0 radical (unpaired) electrons. The molecular weight excluding hydrogens is 484 g/mol. The lowest BCUT2D eigenvalue weighted by Gasteiger charge is -2.22. The topological polar surface area (TPSA) is 139 Å². The van der Waals surface area contributed by atoms with Crippen molar-refractivity contribution in [3.8, 4) is 0 Å². The number of aliphatic hydroxyl groups excluding tert-OH is 2. The average molecular weight is 537 g/mol. The first-order chi connectivity index (χ1) is 18.2. The minimum atomic E-state index is -0.760. The van der Waals surface area contributed by atoms with Gasteiger partial charge in [0.1, 0.15) is 18.2 Å². The number of benzene rings is 1. The summed E-state index contributed by atoms with van der Waals surface area (Å²) in [4.78, 5) is 35.3. The number of amides is 1. The smallest absolute Gasteiger partial charge is 0.407 e. The molecule has 0 aromatic heterocycles. The van der Waals surface area contributed by atoms with Crippen molar-refractivity contribution in [3.63, 3.8) is 0 Å². The third-order valence-electron chi connectivity index (χ3n) is 6.34. The number of ketones is 2. The van der Waals surface area contributed by atoms with Gasteiger partial charge in [-0.25, -0.2) is 4.79 Å². The number of unbranched alkanes of at least 4 members (excludes halogenated alkanes) is 4. The van der Waals surface area contributed by atoms with Gasteiger partial charge >= 0.3 is 6.09 Å². The van der Waals surface area contributed by atoms with Crippen LogP contribution < -0.4 is 11.1 Å². The van der Waals surface area contributed by atoms with Crippen LogP contribution in [0.4, 0.5) is 4.79 Å². The number of carbonyl (C=O) groups excluding carboxylic acids is 3. The molecule has 0 saturated heterocycles. The molecule has 5 N–H and O–H groups in total. The number of nitrogens with two attached hydrogens (primary N) is 1. The fourth-order valence-electron chi connectivity index (χ4n) is 3.78. The van der Waals surface area contributed by atoms with Gasteiger partial charge in [0.2, 0.25) is 0 Å². The lowest BCUT2D eigenvalue weighted by Crippen LogP contribution is -2.44. The lowest BCUT2D eigenvalue weighted by atomic mass is 10.00. The number of ether oxygens (including phenoxy) is 1. The molecule has 1 amide bonds. The fraction of sp³-hybridized carbons (Fsp3) is 0.700. The normalized spacial score (nSPS) is 13.9. The molecule has 1 rings (SSSR count). The molecule has 0 saturated carbocycles. The molecule has 0 aliphatic carbocycles. The molecule has 218 valence electrons. The van der Waals surface area contributed by atoms with Crippen LogP contribution in [-0.2, 0) is 20.9 Å². The molecule has 0 aliphatic heterocycles. The maximum atomic E-state index is 12.0. The maximum Gasteiger partial charge on any atom is 0.407 e. The molecule has 38 heavy (non-hydrogen) atoms. The van der Waals surface area contributed by atoms with E-state index in [9.17, 15) is 24.6 Å². The second-order valence-electron chi connectivity index (χ2n) is 9.83. The van der Waals surface area contributed by atoms with Crippen LogP contribution in [0.25, 0.3) is 0 Å². The molecule has 1 aromatic carbocycles. The Morgan fingerprint density at radius 3 is 1.84 bits per heavy atom. The summed E-state index contributed by atoms with van der Waals surface area (Å²) in [6.07, 6.45) is 6.80. The number of rotatable bonds is 19. The summed E-state index contributed by atoms with van der Waals surface area (Å²) in [5.74, 6) is 0.239. The van der Waals surface area contributed by atoms with Crippen molar-refractivity contribution in [1.29, 1.82) is 0 Å². The van der Waals surface area contributed by atoms with Gasteiger partial charge in [-0.05, 0) is 31.2 Å². The highest BCUT2D eigenvalue weighted by Gasteiger charge is 2.23. The van der Waals surface area contributed by atoms with E-state index in [0.717, 1.165) is 44.1 Å². The molecule has 1 aromatic rings. The van der Waals surface area contributed by atoms with E-state index in [1.807, 2.05) is 44.2 Å². The first-order valence-electron chi connectivity index (χ1n) is 14.3. The second kappa shape index (κ2) is 22.7. The van der Waals surface area contributed by atoms with Crippen LogP contribution in [0.3, 0.4) is 0 Å². The Kier molecular flexibility index (Phi) is 21.3. The molecule has 0 aliphatic rings. The summed E-state index contributed by atoms with van der Waals surface area (Å²) in [7, 11) is 0. The van der Waals surface area contributed by atoms with E-state index in [0.29, 0.717) is 32.1 Å². The van der Waals surface area contributed by atoms with E-state index in [4.69, 9.17) is 10.5 Å². The third kappa shape index (κ3) is 18.0. The van der Waals surface area contributed by atoms with Gasteiger partial charge in [-0.15, -0.1) is 0 Å². The van der Waals surface area contributed by atoms with E-state index in [1.54, 1.807) is 0 Å². The number of nitrogens with one attached hydrogen (secondary N) is 1. The molecule has 4 atom stereocenters. The van der Waals surface area contributed by atoms with E-state index in [2.05, 4.69) is 19.2 Å². The molecule has 0 spiro atoms. The first-order valence-corrected chi connectivity index (χ1v) is 14.3. The second-order valence-corrected chi connectivity index (χ2v) is 9.83. The minimum absolute atomic E-state index is 0.0595. The minimum Gasteiger partial charge on any atom is -0.445 e. The van der Waals surface area contributed by atoms with E-state index < -0.39 is 24.3 Å². The summed E-state index contributed by atoms with van der Waals surface area (Å²) in [5.41, 5.74) is 6.55. The quantitative estimate of drug-likeness (QED) is 0.178. The summed E-state index contributed by atoms with van der Waals surface area (Å²) in [6.45, 7) is 8.03. The SMILES string of the molecule is CCCCCC(=O)CC(N)C(O)CC.CCCCCC(=O)CC(NC(=O)OCc1ccccc1)C(O)CC. The van der Waals surface area contributed by atoms with Crippen molar-refractivity contribution >= 4 is 17.7 Å².